The van der Waals surface area contributed by atoms with Gasteiger partial charge in [0, 0.05) is 16.8 Å². The molecule has 2 aliphatic rings. The number of amides is 1. The lowest BCUT2D eigenvalue weighted by Gasteiger charge is -2.40. The summed E-state index contributed by atoms with van der Waals surface area (Å²) >= 11 is 1.59. The van der Waals surface area contributed by atoms with Crippen LogP contribution in [0, 0.1) is 11.3 Å². The number of hydrogen-bond donors (Lipinski definition) is 1. The van der Waals surface area contributed by atoms with E-state index in [4.69, 9.17) is 10.7 Å². The zero-order valence-electron chi connectivity index (χ0n) is 18.1. The molecule has 2 heterocycles. The average molecular weight is 441 g/mol. The van der Waals surface area contributed by atoms with Gasteiger partial charge in [0.25, 0.3) is 0 Å². The number of nitrogens with two attached hydrogens (primary N) is 1. The van der Waals surface area contributed by atoms with E-state index in [1.54, 1.807) is 24.5 Å². The highest BCUT2D eigenvalue weighted by Gasteiger charge is 2.48. The fraction of sp³-hybridized carbons (Fsp3) is 0.269. The second-order valence-corrected chi connectivity index (χ2v) is 9.83. The van der Waals surface area contributed by atoms with E-state index in [1.807, 2.05) is 37.3 Å². The smallest absolute Gasteiger partial charge is 0.239 e. The molecule has 6 heteroatoms. The Balaban J connectivity index is 1.58. The second kappa shape index (κ2) is 7.61. The molecule has 0 bridgehead atoms. The third-order valence-electron chi connectivity index (χ3n) is 6.53. The normalized spacial score (nSPS) is 23.0. The summed E-state index contributed by atoms with van der Waals surface area (Å²) < 4.78 is 0. The van der Waals surface area contributed by atoms with Gasteiger partial charge in [-0.3, -0.25) is 9.69 Å². The number of thiophene rings is 1. The number of nitrogens with zero attached hydrogens (tertiary/aromatic N) is 3. The molecule has 1 aliphatic heterocycles. The number of aliphatic imine (C=N–C) groups is 1. The Morgan fingerprint density at radius 1 is 1.12 bits per heavy atom. The number of carbonyl (C=O) groups is 1. The van der Waals surface area contributed by atoms with Crippen molar-refractivity contribution in [2.75, 3.05) is 7.05 Å². The van der Waals surface area contributed by atoms with E-state index in [1.165, 1.54) is 23.3 Å². The van der Waals surface area contributed by atoms with E-state index in [0.29, 0.717) is 11.5 Å². The molecule has 1 aliphatic carbocycles. The molecule has 1 fully saturated rings. The van der Waals surface area contributed by atoms with Crippen LogP contribution < -0.4 is 5.73 Å². The molecule has 32 heavy (non-hydrogen) atoms. The van der Waals surface area contributed by atoms with Crippen molar-refractivity contribution in [2.45, 2.75) is 37.1 Å². The van der Waals surface area contributed by atoms with E-state index in [-0.39, 0.29) is 11.9 Å². The molecule has 2 N–H and O–H groups in total. The number of guanidine groups is 1. The summed E-state index contributed by atoms with van der Waals surface area (Å²) in [5.74, 6) is 0.369. The SMILES string of the molecule is CN1C(=O)[C@@H](c2ccc(C3CC3)cc2)[C@@](C)(c2ccc(-c3cccc(C#N)c3)s2)N=C1N. The summed E-state index contributed by atoms with van der Waals surface area (Å²) in [5.41, 5.74) is 9.24. The predicted molar refractivity (Wildman–Crippen MR) is 127 cm³/mol. The maximum absolute atomic E-state index is 13.5. The Morgan fingerprint density at radius 3 is 2.53 bits per heavy atom. The van der Waals surface area contributed by atoms with Crippen molar-refractivity contribution in [1.29, 1.82) is 5.26 Å². The van der Waals surface area contributed by atoms with Gasteiger partial charge in [-0.1, -0.05) is 36.4 Å². The number of likely N-dealkylation sites (N-methyl/N-ethyl adjacent to an activating group) is 1. The van der Waals surface area contributed by atoms with Crippen LogP contribution in [0.4, 0.5) is 0 Å². The minimum atomic E-state index is -0.815. The molecule has 0 unspecified atom stereocenters. The monoisotopic (exact) mass is 440 g/mol. The Morgan fingerprint density at radius 2 is 1.84 bits per heavy atom. The van der Waals surface area contributed by atoms with Crippen LogP contribution in [-0.2, 0) is 10.3 Å². The Kier molecular flexibility index (Phi) is 4.87. The molecular formula is C26H24N4OS. The molecule has 2 aromatic carbocycles. The Labute approximate surface area is 191 Å². The van der Waals surface area contributed by atoms with E-state index in [2.05, 4.69) is 30.3 Å². The maximum Gasteiger partial charge on any atom is 0.239 e. The third-order valence-corrected chi connectivity index (χ3v) is 7.89. The first kappa shape index (κ1) is 20.5. The van der Waals surface area contributed by atoms with Gasteiger partial charge >= 0.3 is 0 Å². The molecule has 0 saturated heterocycles. The molecule has 0 radical (unpaired) electrons. The minimum absolute atomic E-state index is 0.0550. The van der Waals surface area contributed by atoms with Crippen LogP contribution in [0.5, 0.6) is 0 Å². The van der Waals surface area contributed by atoms with Crippen molar-refractivity contribution in [2.24, 2.45) is 10.7 Å². The van der Waals surface area contributed by atoms with Gasteiger partial charge in [-0.2, -0.15) is 5.26 Å². The number of carbonyl (C=O) groups excluding carboxylic acids is 1. The molecular weight excluding hydrogens is 416 g/mol. The van der Waals surface area contributed by atoms with E-state index in [9.17, 15) is 10.1 Å². The molecule has 1 aromatic heterocycles. The van der Waals surface area contributed by atoms with Crippen molar-refractivity contribution >= 4 is 23.2 Å². The number of benzene rings is 2. The van der Waals surface area contributed by atoms with Crippen LogP contribution >= 0.6 is 11.3 Å². The van der Waals surface area contributed by atoms with Crippen molar-refractivity contribution in [3.8, 4) is 16.5 Å². The highest BCUT2D eigenvalue weighted by atomic mass is 32.1. The Hall–Kier alpha value is -3.43. The van der Waals surface area contributed by atoms with Crippen molar-refractivity contribution in [3.63, 3.8) is 0 Å². The predicted octanol–water partition coefficient (Wildman–Crippen LogP) is 4.95. The van der Waals surface area contributed by atoms with Crippen LogP contribution in [-0.4, -0.2) is 23.8 Å². The van der Waals surface area contributed by atoms with Gasteiger partial charge in [0.2, 0.25) is 5.91 Å². The molecule has 160 valence electrons. The fourth-order valence-electron chi connectivity index (χ4n) is 4.47. The van der Waals surface area contributed by atoms with Gasteiger partial charge in [-0.05, 0) is 66.6 Å². The summed E-state index contributed by atoms with van der Waals surface area (Å²) in [7, 11) is 1.68. The van der Waals surface area contributed by atoms with Crippen LogP contribution in [0.25, 0.3) is 10.4 Å². The first-order chi connectivity index (χ1) is 15.4. The second-order valence-electron chi connectivity index (χ2n) is 8.75. The number of nitriles is 1. The average Bonchev–Trinajstić information content (AvgIpc) is 3.53. The van der Waals surface area contributed by atoms with Crippen LogP contribution in [0.3, 0.4) is 0 Å². The maximum atomic E-state index is 13.5. The molecule has 5 nitrogen and oxygen atoms in total. The first-order valence-corrected chi connectivity index (χ1v) is 11.6. The zero-order chi connectivity index (χ0) is 22.5. The topological polar surface area (TPSA) is 82.5 Å². The van der Waals surface area contributed by atoms with Gasteiger partial charge < -0.3 is 5.73 Å². The van der Waals surface area contributed by atoms with Gasteiger partial charge in [0.1, 0.15) is 5.54 Å². The van der Waals surface area contributed by atoms with Crippen molar-refractivity contribution < 1.29 is 4.79 Å². The lowest BCUT2D eigenvalue weighted by molar-refractivity contribution is -0.130. The summed E-state index contributed by atoms with van der Waals surface area (Å²) in [4.78, 5) is 21.7. The number of rotatable bonds is 4. The van der Waals surface area contributed by atoms with Gasteiger partial charge in [-0.15, -0.1) is 11.3 Å². The first-order valence-electron chi connectivity index (χ1n) is 10.7. The van der Waals surface area contributed by atoms with Crippen LogP contribution in [0.2, 0.25) is 0 Å². The zero-order valence-corrected chi connectivity index (χ0v) is 18.9. The quantitative estimate of drug-likeness (QED) is 0.623. The lowest BCUT2D eigenvalue weighted by atomic mass is 9.77. The molecule has 2 atom stereocenters. The largest absolute Gasteiger partial charge is 0.369 e. The highest BCUT2D eigenvalue weighted by molar-refractivity contribution is 7.15. The van der Waals surface area contributed by atoms with Crippen LogP contribution in [0.15, 0.2) is 65.7 Å². The van der Waals surface area contributed by atoms with Crippen molar-refractivity contribution in [3.05, 3.63) is 82.2 Å². The van der Waals surface area contributed by atoms with Crippen molar-refractivity contribution in [1.82, 2.24) is 4.90 Å². The van der Waals surface area contributed by atoms with Gasteiger partial charge in [-0.25, -0.2) is 4.99 Å². The molecule has 0 spiro atoms. The molecule has 5 rings (SSSR count). The summed E-state index contributed by atoms with van der Waals surface area (Å²) in [5, 5.41) is 9.24. The fourth-order valence-corrected chi connectivity index (χ4v) is 5.60. The van der Waals surface area contributed by atoms with E-state index in [0.717, 1.165) is 20.9 Å². The standard InChI is InChI=1S/C26H24N4OS/c1-26(22-13-12-21(32-22)20-5-3-4-16(14-20)15-27)23(24(31)30(2)25(28)29-26)19-10-8-18(9-11-19)17-6-7-17/h3-5,8-14,17,23H,6-7H2,1-2H3,(H2,28,29)/t23-,26-/m1/s1. The van der Waals surface area contributed by atoms with E-state index < -0.39 is 11.5 Å². The summed E-state index contributed by atoms with van der Waals surface area (Å²) in [6, 6.07) is 22.2. The van der Waals surface area contributed by atoms with E-state index >= 15 is 0 Å². The Bertz CT molecular complexity index is 1270. The molecule has 3 aromatic rings. The number of hydrogen-bond acceptors (Lipinski definition) is 5. The van der Waals surface area contributed by atoms with Crippen LogP contribution in [0.1, 0.15) is 53.2 Å². The molecule has 1 amide bonds. The lowest BCUT2D eigenvalue weighted by Crippen LogP contribution is -2.52. The van der Waals surface area contributed by atoms with Gasteiger partial charge in [0.15, 0.2) is 5.96 Å². The third kappa shape index (κ3) is 3.39. The highest BCUT2D eigenvalue weighted by Crippen LogP contribution is 2.48. The summed E-state index contributed by atoms with van der Waals surface area (Å²) in [6.45, 7) is 1.99. The molecule has 1 saturated carbocycles. The van der Waals surface area contributed by atoms with Gasteiger partial charge in [0.05, 0.1) is 17.6 Å². The summed E-state index contributed by atoms with van der Waals surface area (Å²) in [6.07, 6.45) is 2.49. The minimum Gasteiger partial charge on any atom is -0.369 e.